The number of methoxy groups -OCH3 is 1. The number of rotatable bonds is 8. The van der Waals surface area contributed by atoms with Gasteiger partial charge in [0, 0.05) is 16.9 Å². The van der Waals surface area contributed by atoms with Gasteiger partial charge >= 0.3 is 0 Å². The Hall–Kier alpha value is -2.41. The maximum absolute atomic E-state index is 13.3. The van der Waals surface area contributed by atoms with E-state index in [0.717, 1.165) is 17.7 Å². The molecule has 0 aliphatic carbocycles. The fourth-order valence-electron chi connectivity index (χ4n) is 2.51. The second-order valence-corrected chi connectivity index (χ2v) is 7.02. The molecule has 0 fully saturated rings. The van der Waals surface area contributed by atoms with Gasteiger partial charge in [-0.2, -0.15) is 0 Å². The third-order valence-corrected chi connectivity index (χ3v) is 4.98. The molecule has 0 radical (unpaired) electrons. The topological polar surface area (TPSA) is 55.4 Å². The molecular formula is C20H21F2NO3S. The number of hydrogen-bond donors (Lipinski definition) is 1. The van der Waals surface area contributed by atoms with Gasteiger partial charge in [-0.25, -0.2) is 8.78 Å². The monoisotopic (exact) mass is 393 g/mol. The summed E-state index contributed by atoms with van der Waals surface area (Å²) in [6.45, 7) is 3.19. The zero-order chi connectivity index (χ0) is 20.0. The van der Waals surface area contributed by atoms with Crippen LogP contribution in [0.5, 0.6) is 5.75 Å². The molecule has 1 amide bonds. The van der Waals surface area contributed by atoms with Crippen LogP contribution in [0.3, 0.4) is 0 Å². The van der Waals surface area contributed by atoms with Crippen molar-refractivity contribution >= 4 is 23.5 Å². The summed E-state index contributed by atoms with van der Waals surface area (Å²) in [5.41, 5.74) is 1.91. The lowest BCUT2D eigenvalue weighted by Crippen LogP contribution is -2.28. The molecule has 1 unspecified atom stereocenters. The Bertz CT molecular complexity index is 842. The largest absolute Gasteiger partial charge is 0.496 e. The van der Waals surface area contributed by atoms with Gasteiger partial charge in [0.05, 0.1) is 18.9 Å². The summed E-state index contributed by atoms with van der Waals surface area (Å²) < 4.78 is 31.6. The lowest BCUT2D eigenvalue weighted by atomic mass is 10.1. The number of ketones is 1. The minimum absolute atomic E-state index is 0.0398. The molecule has 4 nitrogen and oxygen atoms in total. The molecule has 0 spiro atoms. The van der Waals surface area contributed by atoms with Crippen molar-refractivity contribution in [3.05, 3.63) is 64.7 Å². The van der Waals surface area contributed by atoms with Gasteiger partial charge in [0.25, 0.3) is 0 Å². The van der Waals surface area contributed by atoms with E-state index >= 15 is 0 Å². The van der Waals surface area contributed by atoms with Gasteiger partial charge in [-0.3, -0.25) is 9.59 Å². The lowest BCUT2D eigenvalue weighted by Gasteiger charge is -2.15. The Morgan fingerprint density at radius 3 is 2.52 bits per heavy atom. The van der Waals surface area contributed by atoms with Crippen LogP contribution in [0, 0.1) is 11.6 Å². The Morgan fingerprint density at radius 2 is 1.89 bits per heavy atom. The molecular weight excluding hydrogens is 372 g/mol. The first-order chi connectivity index (χ1) is 12.8. The first-order valence-electron chi connectivity index (χ1n) is 8.31. The van der Waals surface area contributed by atoms with E-state index in [2.05, 4.69) is 5.32 Å². The van der Waals surface area contributed by atoms with Crippen LogP contribution >= 0.6 is 11.8 Å². The molecule has 0 saturated heterocycles. The van der Waals surface area contributed by atoms with E-state index in [1.807, 2.05) is 0 Å². The summed E-state index contributed by atoms with van der Waals surface area (Å²) in [4.78, 5) is 23.6. The SMILES string of the molecule is COc1ccc(C(C)=O)cc1CSCC(=O)NC(C)c1ccc(F)c(F)c1. The van der Waals surface area contributed by atoms with Crippen LogP contribution in [0.2, 0.25) is 0 Å². The average molecular weight is 393 g/mol. The molecule has 0 heterocycles. The molecule has 27 heavy (non-hydrogen) atoms. The minimum Gasteiger partial charge on any atom is -0.496 e. The van der Waals surface area contributed by atoms with Crippen molar-refractivity contribution in [2.24, 2.45) is 0 Å². The molecule has 0 saturated carbocycles. The highest BCUT2D eigenvalue weighted by atomic mass is 32.2. The number of hydrogen-bond acceptors (Lipinski definition) is 4. The van der Waals surface area contributed by atoms with E-state index in [-0.39, 0.29) is 17.4 Å². The third kappa shape index (κ3) is 5.79. The van der Waals surface area contributed by atoms with Crippen LogP contribution < -0.4 is 10.1 Å². The number of thioether (sulfide) groups is 1. The summed E-state index contributed by atoms with van der Waals surface area (Å²) in [6.07, 6.45) is 0. The van der Waals surface area contributed by atoms with Crippen molar-refractivity contribution in [1.82, 2.24) is 5.32 Å². The Balaban J connectivity index is 1.91. The van der Waals surface area contributed by atoms with E-state index < -0.39 is 17.7 Å². The van der Waals surface area contributed by atoms with Crippen LogP contribution in [0.1, 0.15) is 41.4 Å². The highest BCUT2D eigenvalue weighted by molar-refractivity contribution is 7.99. The van der Waals surface area contributed by atoms with E-state index in [9.17, 15) is 18.4 Å². The van der Waals surface area contributed by atoms with E-state index in [1.165, 1.54) is 24.8 Å². The van der Waals surface area contributed by atoms with E-state index in [0.29, 0.717) is 22.6 Å². The number of halogens is 2. The van der Waals surface area contributed by atoms with Gasteiger partial charge in [-0.1, -0.05) is 6.07 Å². The van der Waals surface area contributed by atoms with Crippen molar-refractivity contribution in [2.75, 3.05) is 12.9 Å². The summed E-state index contributed by atoms with van der Waals surface area (Å²) >= 11 is 1.37. The highest BCUT2D eigenvalue weighted by Gasteiger charge is 2.13. The lowest BCUT2D eigenvalue weighted by molar-refractivity contribution is -0.119. The van der Waals surface area contributed by atoms with Crippen LogP contribution in [0.25, 0.3) is 0 Å². The van der Waals surface area contributed by atoms with E-state index in [1.54, 1.807) is 32.2 Å². The molecule has 0 aromatic heterocycles. The van der Waals surface area contributed by atoms with Crippen molar-refractivity contribution < 1.29 is 23.1 Å². The number of nitrogens with one attached hydrogen (secondary N) is 1. The maximum atomic E-state index is 13.3. The predicted molar refractivity (Wildman–Crippen MR) is 102 cm³/mol. The Labute approximate surface area is 161 Å². The fraction of sp³-hybridized carbons (Fsp3) is 0.300. The van der Waals surface area contributed by atoms with Gasteiger partial charge in [-0.05, 0) is 49.7 Å². The van der Waals surface area contributed by atoms with Crippen LogP contribution in [0.4, 0.5) is 8.78 Å². The van der Waals surface area contributed by atoms with Crippen LogP contribution in [0.15, 0.2) is 36.4 Å². The molecule has 2 aromatic carbocycles. The number of benzene rings is 2. The second-order valence-electron chi connectivity index (χ2n) is 6.04. The van der Waals surface area contributed by atoms with Gasteiger partial charge in [0.2, 0.25) is 5.91 Å². The van der Waals surface area contributed by atoms with Crippen LogP contribution in [-0.4, -0.2) is 24.6 Å². The minimum atomic E-state index is -0.944. The maximum Gasteiger partial charge on any atom is 0.230 e. The number of ether oxygens (including phenoxy) is 1. The molecule has 1 N–H and O–H groups in total. The molecule has 1 atom stereocenters. The summed E-state index contributed by atoms with van der Waals surface area (Å²) in [5, 5.41) is 2.75. The van der Waals surface area contributed by atoms with Crippen molar-refractivity contribution in [1.29, 1.82) is 0 Å². The first kappa shape index (κ1) is 20.9. The zero-order valence-electron chi connectivity index (χ0n) is 15.3. The molecule has 0 aliphatic rings. The standard InChI is InChI=1S/C20H21F2NO3S/c1-12(14-4-6-17(21)18(22)9-14)23-20(25)11-27-10-16-8-15(13(2)24)5-7-19(16)26-3/h4-9,12H,10-11H2,1-3H3,(H,23,25). The summed E-state index contributed by atoms with van der Waals surface area (Å²) in [6, 6.07) is 8.30. The first-order valence-corrected chi connectivity index (χ1v) is 9.47. The normalized spacial score (nSPS) is 11.7. The van der Waals surface area contributed by atoms with E-state index in [4.69, 9.17) is 4.74 Å². The second kappa shape index (κ2) is 9.50. The fourth-order valence-corrected chi connectivity index (χ4v) is 3.33. The van der Waals surface area contributed by atoms with Crippen LogP contribution in [-0.2, 0) is 10.5 Å². The van der Waals surface area contributed by atoms with Gasteiger partial charge in [0.1, 0.15) is 5.75 Å². The number of amides is 1. The summed E-state index contributed by atoms with van der Waals surface area (Å²) in [5.74, 6) is -0.794. The Morgan fingerprint density at radius 1 is 1.15 bits per heavy atom. The van der Waals surface area contributed by atoms with Gasteiger partial charge < -0.3 is 10.1 Å². The molecule has 0 aliphatic heterocycles. The van der Waals surface area contributed by atoms with Crippen molar-refractivity contribution in [2.45, 2.75) is 25.6 Å². The number of carbonyl (C=O) groups excluding carboxylic acids is 2. The molecule has 2 rings (SSSR count). The van der Waals surface area contributed by atoms with Gasteiger partial charge in [0.15, 0.2) is 17.4 Å². The number of carbonyl (C=O) groups is 2. The van der Waals surface area contributed by atoms with Crippen molar-refractivity contribution in [3.63, 3.8) is 0 Å². The average Bonchev–Trinajstić information content (AvgIpc) is 2.63. The quantitative estimate of drug-likeness (QED) is 0.680. The third-order valence-electron chi connectivity index (χ3n) is 4.00. The summed E-state index contributed by atoms with van der Waals surface area (Å²) in [7, 11) is 1.55. The molecule has 2 aromatic rings. The van der Waals surface area contributed by atoms with Gasteiger partial charge in [-0.15, -0.1) is 11.8 Å². The highest BCUT2D eigenvalue weighted by Crippen LogP contribution is 2.25. The van der Waals surface area contributed by atoms with Crippen molar-refractivity contribution in [3.8, 4) is 5.75 Å². The zero-order valence-corrected chi connectivity index (χ0v) is 16.2. The molecule has 7 heteroatoms. The predicted octanol–water partition coefficient (Wildman–Crippen LogP) is 4.29. The Kier molecular flexibility index (Phi) is 7.36. The molecule has 0 bridgehead atoms. The molecule has 144 valence electrons. The smallest absolute Gasteiger partial charge is 0.230 e. The number of Topliss-reactive ketones (excluding diaryl/α,β-unsaturated/α-hetero) is 1.